The molecule has 4 nitrogen and oxygen atoms in total. The number of ether oxygens (including phenoxy) is 1. The molecular weight excluding hydrogens is 264 g/mol. The highest BCUT2D eigenvalue weighted by atomic mass is 35.5. The van der Waals surface area contributed by atoms with E-state index < -0.39 is 0 Å². The van der Waals surface area contributed by atoms with Crippen LogP contribution < -0.4 is 10.6 Å². The Morgan fingerprint density at radius 3 is 2.95 bits per heavy atom. The van der Waals surface area contributed by atoms with Crippen molar-refractivity contribution in [2.75, 3.05) is 26.3 Å². The van der Waals surface area contributed by atoms with Crippen molar-refractivity contribution in [3.63, 3.8) is 0 Å². The summed E-state index contributed by atoms with van der Waals surface area (Å²) in [6.07, 6.45) is 4.06. The van der Waals surface area contributed by atoms with Gasteiger partial charge in [-0.1, -0.05) is 6.92 Å². The quantitative estimate of drug-likeness (QED) is 0.829. The molecule has 2 aliphatic heterocycles. The average Bonchev–Trinajstić information content (AvgIpc) is 2.76. The Balaban J connectivity index is 0.00000180. The van der Waals surface area contributed by atoms with Gasteiger partial charge in [0.15, 0.2) is 0 Å². The Morgan fingerprint density at radius 2 is 2.37 bits per heavy atom. The normalized spacial score (nSPS) is 32.4. The topological polar surface area (TPSA) is 50.4 Å². The SMILES string of the molecule is CC(CC(=O)NC1(C)CCOC1)C1CCCNC1.Cl. The third-order valence-corrected chi connectivity index (χ3v) is 4.31. The van der Waals surface area contributed by atoms with Gasteiger partial charge >= 0.3 is 0 Å². The molecule has 3 atom stereocenters. The molecule has 0 aromatic carbocycles. The first kappa shape index (κ1) is 16.7. The average molecular weight is 291 g/mol. The molecule has 2 rings (SSSR count). The summed E-state index contributed by atoms with van der Waals surface area (Å²) in [7, 11) is 0. The Bertz CT molecular complexity index is 287. The third kappa shape index (κ3) is 4.93. The third-order valence-electron chi connectivity index (χ3n) is 4.31. The van der Waals surface area contributed by atoms with E-state index in [0.29, 0.717) is 24.9 Å². The van der Waals surface area contributed by atoms with Crippen LogP contribution in [0.2, 0.25) is 0 Å². The molecule has 0 spiro atoms. The highest BCUT2D eigenvalue weighted by molar-refractivity contribution is 5.85. The summed E-state index contributed by atoms with van der Waals surface area (Å²) in [4.78, 5) is 12.1. The van der Waals surface area contributed by atoms with E-state index in [9.17, 15) is 4.79 Å². The van der Waals surface area contributed by atoms with Crippen LogP contribution in [0, 0.1) is 11.8 Å². The van der Waals surface area contributed by atoms with E-state index in [2.05, 4.69) is 24.5 Å². The Kier molecular flexibility index (Phi) is 6.57. The standard InChI is InChI=1S/C14H26N2O2.ClH/c1-11(12-4-3-6-15-9-12)8-13(17)16-14(2)5-7-18-10-14;/h11-12,15H,3-10H2,1-2H3,(H,16,17);1H. The van der Waals surface area contributed by atoms with Gasteiger partial charge in [-0.15, -0.1) is 12.4 Å². The lowest BCUT2D eigenvalue weighted by Crippen LogP contribution is -2.47. The number of piperidine rings is 1. The molecule has 19 heavy (non-hydrogen) atoms. The van der Waals surface area contributed by atoms with Gasteiger partial charge in [-0.2, -0.15) is 0 Å². The van der Waals surface area contributed by atoms with E-state index in [1.807, 2.05) is 0 Å². The van der Waals surface area contributed by atoms with Crippen LogP contribution in [0.4, 0.5) is 0 Å². The van der Waals surface area contributed by atoms with Crippen LogP contribution >= 0.6 is 12.4 Å². The molecule has 0 bridgehead atoms. The Hall–Kier alpha value is -0.320. The van der Waals surface area contributed by atoms with E-state index >= 15 is 0 Å². The van der Waals surface area contributed by atoms with E-state index in [1.54, 1.807) is 0 Å². The van der Waals surface area contributed by atoms with Gasteiger partial charge in [0.05, 0.1) is 12.1 Å². The first-order chi connectivity index (χ1) is 8.59. The summed E-state index contributed by atoms with van der Waals surface area (Å²) in [6, 6.07) is 0. The van der Waals surface area contributed by atoms with Crippen molar-refractivity contribution >= 4 is 18.3 Å². The number of nitrogens with one attached hydrogen (secondary N) is 2. The zero-order valence-electron chi connectivity index (χ0n) is 12.0. The van der Waals surface area contributed by atoms with Gasteiger partial charge in [0.1, 0.15) is 0 Å². The minimum atomic E-state index is -0.137. The molecule has 5 heteroatoms. The fourth-order valence-electron chi connectivity index (χ4n) is 2.98. The van der Waals surface area contributed by atoms with Gasteiger partial charge in [0.25, 0.3) is 0 Å². The molecule has 1 amide bonds. The molecule has 0 radical (unpaired) electrons. The van der Waals surface area contributed by atoms with Crippen molar-refractivity contribution < 1.29 is 9.53 Å². The number of carbonyl (C=O) groups excluding carboxylic acids is 1. The zero-order valence-corrected chi connectivity index (χ0v) is 12.9. The second kappa shape index (κ2) is 7.46. The second-order valence-corrected chi connectivity index (χ2v) is 6.20. The van der Waals surface area contributed by atoms with Crippen molar-refractivity contribution in [1.29, 1.82) is 0 Å². The number of rotatable bonds is 4. The lowest BCUT2D eigenvalue weighted by atomic mass is 9.85. The maximum atomic E-state index is 12.1. The number of amides is 1. The molecule has 2 heterocycles. The molecule has 2 aliphatic rings. The van der Waals surface area contributed by atoms with Crippen LogP contribution in [-0.2, 0) is 9.53 Å². The van der Waals surface area contributed by atoms with Crippen LogP contribution in [0.3, 0.4) is 0 Å². The summed E-state index contributed by atoms with van der Waals surface area (Å²) in [5.41, 5.74) is -0.137. The van der Waals surface area contributed by atoms with Gasteiger partial charge in [-0.3, -0.25) is 4.79 Å². The fourth-order valence-corrected chi connectivity index (χ4v) is 2.98. The first-order valence-corrected chi connectivity index (χ1v) is 7.18. The lowest BCUT2D eigenvalue weighted by Gasteiger charge is -2.29. The van der Waals surface area contributed by atoms with Crippen LogP contribution in [0.5, 0.6) is 0 Å². The van der Waals surface area contributed by atoms with Crippen LogP contribution in [0.25, 0.3) is 0 Å². The summed E-state index contributed by atoms with van der Waals surface area (Å²) in [6.45, 7) is 7.88. The molecule has 3 unspecified atom stereocenters. The monoisotopic (exact) mass is 290 g/mol. The summed E-state index contributed by atoms with van der Waals surface area (Å²) in [5, 5.41) is 6.56. The van der Waals surface area contributed by atoms with Crippen molar-refractivity contribution in [2.24, 2.45) is 11.8 Å². The maximum Gasteiger partial charge on any atom is 0.220 e. The molecular formula is C14H27ClN2O2. The van der Waals surface area contributed by atoms with Gasteiger partial charge in [-0.05, 0) is 51.1 Å². The highest BCUT2D eigenvalue weighted by Crippen LogP contribution is 2.23. The van der Waals surface area contributed by atoms with Gasteiger partial charge in [0.2, 0.25) is 5.91 Å². The first-order valence-electron chi connectivity index (χ1n) is 7.18. The molecule has 2 fully saturated rings. The lowest BCUT2D eigenvalue weighted by molar-refractivity contribution is -0.124. The molecule has 0 saturated carbocycles. The van der Waals surface area contributed by atoms with Crippen LogP contribution in [-0.4, -0.2) is 37.7 Å². The summed E-state index contributed by atoms with van der Waals surface area (Å²) >= 11 is 0. The number of carbonyl (C=O) groups is 1. The fraction of sp³-hybridized carbons (Fsp3) is 0.929. The summed E-state index contributed by atoms with van der Waals surface area (Å²) < 4.78 is 5.36. The minimum absolute atomic E-state index is 0. The molecule has 112 valence electrons. The van der Waals surface area contributed by atoms with Crippen molar-refractivity contribution in [1.82, 2.24) is 10.6 Å². The van der Waals surface area contributed by atoms with Gasteiger partial charge in [0, 0.05) is 13.0 Å². The maximum absolute atomic E-state index is 12.1. The number of halogens is 1. The predicted octanol–water partition coefficient (Wildman–Crippen LogP) is 1.73. The van der Waals surface area contributed by atoms with Crippen molar-refractivity contribution in [3.8, 4) is 0 Å². The van der Waals surface area contributed by atoms with Crippen LogP contribution in [0.1, 0.15) is 39.5 Å². The molecule has 0 aromatic heterocycles. The minimum Gasteiger partial charge on any atom is -0.379 e. The number of hydrogen-bond donors (Lipinski definition) is 2. The Labute approximate surface area is 122 Å². The van der Waals surface area contributed by atoms with Crippen LogP contribution in [0.15, 0.2) is 0 Å². The number of hydrogen-bond acceptors (Lipinski definition) is 3. The van der Waals surface area contributed by atoms with E-state index in [0.717, 1.165) is 26.1 Å². The molecule has 0 aromatic rings. The van der Waals surface area contributed by atoms with Crippen molar-refractivity contribution in [3.05, 3.63) is 0 Å². The largest absolute Gasteiger partial charge is 0.379 e. The smallest absolute Gasteiger partial charge is 0.220 e. The van der Waals surface area contributed by atoms with Gasteiger partial charge in [-0.25, -0.2) is 0 Å². The molecule has 2 saturated heterocycles. The van der Waals surface area contributed by atoms with Crippen molar-refractivity contribution in [2.45, 2.75) is 45.1 Å². The highest BCUT2D eigenvalue weighted by Gasteiger charge is 2.32. The van der Waals surface area contributed by atoms with E-state index in [1.165, 1.54) is 12.8 Å². The van der Waals surface area contributed by atoms with Gasteiger partial charge < -0.3 is 15.4 Å². The predicted molar refractivity (Wildman–Crippen MR) is 78.6 cm³/mol. The Morgan fingerprint density at radius 1 is 1.58 bits per heavy atom. The molecule has 0 aliphatic carbocycles. The van der Waals surface area contributed by atoms with E-state index in [4.69, 9.17) is 4.74 Å². The zero-order chi connectivity index (χ0) is 13.0. The molecule has 2 N–H and O–H groups in total. The second-order valence-electron chi connectivity index (χ2n) is 6.20. The van der Waals surface area contributed by atoms with E-state index in [-0.39, 0.29) is 23.9 Å². The summed E-state index contributed by atoms with van der Waals surface area (Å²) in [5.74, 6) is 1.29.